The van der Waals surface area contributed by atoms with Gasteiger partial charge >= 0.3 is 0 Å². The molecule has 1 saturated heterocycles. The SMILES string of the molecule is Cc1oc(-c2ccccc2)nc1CCOc1ccc([C@H]2CN(c3ccccc3)C[C@@H]2C)cc1. The van der Waals surface area contributed by atoms with Gasteiger partial charge in [-0.3, -0.25) is 0 Å². The van der Waals surface area contributed by atoms with E-state index in [-0.39, 0.29) is 0 Å². The molecule has 4 nitrogen and oxygen atoms in total. The van der Waals surface area contributed by atoms with Crippen LogP contribution in [0.2, 0.25) is 0 Å². The van der Waals surface area contributed by atoms with Crippen molar-refractivity contribution in [2.45, 2.75) is 26.2 Å². The molecular formula is C29H30N2O2. The van der Waals surface area contributed by atoms with Crippen LogP contribution in [0.15, 0.2) is 89.3 Å². The van der Waals surface area contributed by atoms with Gasteiger partial charge < -0.3 is 14.1 Å². The molecule has 4 heteroatoms. The number of benzene rings is 3. The summed E-state index contributed by atoms with van der Waals surface area (Å²) in [5.41, 5.74) is 4.64. The van der Waals surface area contributed by atoms with Crippen molar-refractivity contribution in [2.75, 3.05) is 24.6 Å². The van der Waals surface area contributed by atoms with Crippen LogP contribution in [0.1, 0.15) is 29.9 Å². The zero-order chi connectivity index (χ0) is 22.6. The number of aromatic nitrogens is 1. The van der Waals surface area contributed by atoms with Crippen molar-refractivity contribution in [1.29, 1.82) is 0 Å². The van der Waals surface area contributed by atoms with Crippen molar-refractivity contribution >= 4 is 5.69 Å². The van der Waals surface area contributed by atoms with Crippen molar-refractivity contribution in [2.24, 2.45) is 5.92 Å². The Kier molecular flexibility index (Phi) is 6.16. The molecule has 0 amide bonds. The monoisotopic (exact) mass is 438 g/mol. The molecule has 1 aliphatic heterocycles. The quantitative estimate of drug-likeness (QED) is 0.330. The Labute approximate surface area is 195 Å². The highest BCUT2D eigenvalue weighted by atomic mass is 16.5. The molecular weight excluding hydrogens is 408 g/mol. The molecule has 168 valence electrons. The number of rotatable bonds is 7. The second-order valence-electron chi connectivity index (χ2n) is 8.88. The lowest BCUT2D eigenvalue weighted by molar-refractivity contribution is 0.319. The Balaban J connectivity index is 1.17. The van der Waals surface area contributed by atoms with Gasteiger partial charge in [0, 0.05) is 36.7 Å². The van der Waals surface area contributed by atoms with Crippen LogP contribution in [0.25, 0.3) is 11.5 Å². The molecule has 4 aromatic rings. The molecule has 33 heavy (non-hydrogen) atoms. The van der Waals surface area contributed by atoms with E-state index in [4.69, 9.17) is 9.15 Å². The Morgan fingerprint density at radius 2 is 1.61 bits per heavy atom. The maximum absolute atomic E-state index is 6.02. The molecule has 0 saturated carbocycles. The van der Waals surface area contributed by atoms with E-state index >= 15 is 0 Å². The van der Waals surface area contributed by atoms with Crippen molar-refractivity contribution < 1.29 is 9.15 Å². The second kappa shape index (κ2) is 9.53. The molecule has 1 aromatic heterocycles. The summed E-state index contributed by atoms with van der Waals surface area (Å²) in [6, 6.07) is 29.3. The average Bonchev–Trinajstić information content (AvgIpc) is 3.43. The maximum atomic E-state index is 6.02. The van der Waals surface area contributed by atoms with Crippen molar-refractivity contribution in [3.63, 3.8) is 0 Å². The molecule has 0 unspecified atom stereocenters. The molecule has 3 aromatic carbocycles. The minimum absolute atomic E-state index is 0.536. The lowest BCUT2D eigenvalue weighted by Gasteiger charge is -2.18. The number of hydrogen-bond acceptors (Lipinski definition) is 4. The third kappa shape index (κ3) is 4.80. The number of para-hydroxylation sites is 1. The van der Waals surface area contributed by atoms with Crippen LogP contribution < -0.4 is 9.64 Å². The van der Waals surface area contributed by atoms with Crippen LogP contribution in [0.3, 0.4) is 0 Å². The van der Waals surface area contributed by atoms with Gasteiger partial charge in [-0.15, -0.1) is 0 Å². The lowest BCUT2D eigenvalue weighted by atomic mass is 9.90. The average molecular weight is 439 g/mol. The van der Waals surface area contributed by atoms with E-state index in [1.807, 2.05) is 37.3 Å². The predicted molar refractivity (Wildman–Crippen MR) is 133 cm³/mol. The zero-order valence-electron chi connectivity index (χ0n) is 19.3. The highest BCUT2D eigenvalue weighted by Crippen LogP contribution is 2.35. The van der Waals surface area contributed by atoms with Gasteiger partial charge in [-0.05, 0) is 54.8 Å². The van der Waals surface area contributed by atoms with Crippen molar-refractivity contribution in [3.05, 3.63) is 102 Å². The molecule has 2 atom stereocenters. The summed E-state index contributed by atoms with van der Waals surface area (Å²) in [5, 5.41) is 0. The van der Waals surface area contributed by atoms with E-state index in [0.29, 0.717) is 24.3 Å². The van der Waals surface area contributed by atoms with E-state index in [1.165, 1.54) is 11.3 Å². The second-order valence-corrected chi connectivity index (χ2v) is 8.88. The number of nitrogens with zero attached hydrogens (tertiary/aromatic N) is 2. The molecule has 2 heterocycles. The number of hydrogen-bond donors (Lipinski definition) is 0. The number of anilines is 1. The topological polar surface area (TPSA) is 38.5 Å². The number of ether oxygens (including phenoxy) is 1. The smallest absolute Gasteiger partial charge is 0.226 e. The van der Waals surface area contributed by atoms with Gasteiger partial charge in [0.05, 0.1) is 12.3 Å². The van der Waals surface area contributed by atoms with E-state index in [2.05, 4.69) is 71.4 Å². The first kappa shape index (κ1) is 21.3. The van der Waals surface area contributed by atoms with E-state index in [1.54, 1.807) is 0 Å². The first-order chi connectivity index (χ1) is 16.2. The standard InChI is InChI=1S/C29H30N2O2/c1-21-19-31(25-11-7-4-8-12-25)20-27(21)23-13-15-26(16-14-23)32-18-17-28-22(2)33-29(30-28)24-9-5-3-6-10-24/h3-16,21,27H,17-20H2,1-2H3/t21-,27-/m0/s1. The third-order valence-electron chi connectivity index (χ3n) is 6.56. The van der Waals surface area contributed by atoms with Crippen LogP contribution in [0, 0.1) is 12.8 Å². The normalized spacial score (nSPS) is 17.9. The molecule has 0 spiro atoms. The number of oxazole rings is 1. The van der Waals surface area contributed by atoms with Crippen LogP contribution in [-0.4, -0.2) is 24.7 Å². The Morgan fingerprint density at radius 1 is 0.909 bits per heavy atom. The molecule has 5 rings (SSSR count). The highest BCUT2D eigenvalue weighted by Gasteiger charge is 2.30. The largest absolute Gasteiger partial charge is 0.493 e. The summed E-state index contributed by atoms with van der Waals surface area (Å²) in [4.78, 5) is 7.16. The Hall–Kier alpha value is -3.53. The van der Waals surface area contributed by atoms with Gasteiger partial charge in [-0.2, -0.15) is 0 Å². The van der Waals surface area contributed by atoms with E-state index in [0.717, 1.165) is 42.3 Å². The van der Waals surface area contributed by atoms with Crippen LogP contribution in [0.5, 0.6) is 5.75 Å². The molecule has 0 N–H and O–H groups in total. The molecule has 1 aliphatic rings. The molecule has 0 aliphatic carbocycles. The van der Waals surface area contributed by atoms with Gasteiger partial charge in [0.25, 0.3) is 0 Å². The van der Waals surface area contributed by atoms with Gasteiger partial charge in [-0.1, -0.05) is 55.5 Å². The third-order valence-corrected chi connectivity index (χ3v) is 6.56. The summed E-state index contributed by atoms with van der Waals surface area (Å²) in [5.74, 6) is 3.57. The van der Waals surface area contributed by atoms with Crippen LogP contribution in [0.4, 0.5) is 5.69 Å². The summed E-state index contributed by atoms with van der Waals surface area (Å²) in [7, 11) is 0. The first-order valence-corrected chi connectivity index (χ1v) is 11.7. The molecule has 0 bridgehead atoms. The van der Waals surface area contributed by atoms with Crippen LogP contribution in [-0.2, 0) is 6.42 Å². The van der Waals surface area contributed by atoms with Gasteiger partial charge in [-0.25, -0.2) is 4.98 Å². The maximum Gasteiger partial charge on any atom is 0.226 e. The molecule has 0 radical (unpaired) electrons. The Bertz CT molecular complexity index is 1170. The Morgan fingerprint density at radius 3 is 2.33 bits per heavy atom. The minimum Gasteiger partial charge on any atom is -0.493 e. The van der Waals surface area contributed by atoms with Gasteiger partial charge in [0.2, 0.25) is 5.89 Å². The summed E-state index contributed by atoms with van der Waals surface area (Å²) in [6.45, 7) is 7.03. The van der Waals surface area contributed by atoms with Gasteiger partial charge in [0.1, 0.15) is 11.5 Å². The summed E-state index contributed by atoms with van der Waals surface area (Å²) >= 11 is 0. The summed E-state index contributed by atoms with van der Waals surface area (Å²) in [6.07, 6.45) is 0.718. The van der Waals surface area contributed by atoms with Gasteiger partial charge in [0.15, 0.2) is 0 Å². The van der Waals surface area contributed by atoms with E-state index < -0.39 is 0 Å². The fraction of sp³-hybridized carbons (Fsp3) is 0.276. The van der Waals surface area contributed by atoms with Crippen LogP contribution >= 0.6 is 0 Å². The fourth-order valence-corrected chi connectivity index (χ4v) is 4.69. The van der Waals surface area contributed by atoms with Crippen molar-refractivity contribution in [1.82, 2.24) is 4.98 Å². The summed E-state index contributed by atoms with van der Waals surface area (Å²) < 4.78 is 11.9. The fourth-order valence-electron chi connectivity index (χ4n) is 4.69. The first-order valence-electron chi connectivity index (χ1n) is 11.7. The van der Waals surface area contributed by atoms with E-state index in [9.17, 15) is 0 Å². The molecule has 1 fully saturated rings. The number of aryl methyl sites for hydroxylation is 1. The minimum atomic E-state index is 0.536. The zero-order valence-corrected chi connectivity index (χ0v) is 19.3. The lowest BCUT2D eigenvalue weighted by Crippen LogP contribution is -2.19. The van der Waals surface area contributed by atoms with Crippen molar-refractivity contribution in [3.8, 4) is 17.2 Å². The predicted octanol–water partition coefficient (Wildman–Crippen LogP) is 6.51. The highest BCUT2D eigenvalue weighted by molar-refractivity contribution is 5.53.